The number of nitrogens with one attached hydrogen (secondary N) is 1. The highest BCUT2D eigenvalue weighted by Gasteiger charge is 2.29. The van der Waals surface area contributed by atoms with E-state index in [1.165, 1.54) is 16.6 Å². The minimum atomic E-state index is -3.82. The van der Waals surface area contributed by atoms with Gasteiger partial charge in [-0.1, -0.05) is 13.8 Å². The number of H-pyrrole nitrogens is 1. The molecule has 1 saturated heterocycles. The van der Waals surface area contributed by atoms with Crippen LogP contribution in [0.5, 0.6) is 5.88 Å². The third kappa shape index (κ3) is 5.60. The van der Waals surface area contributed by atoms with Gasteiger partial charge in [0.05, 0.1) is 30.5 Å². The Kier molecular flexibility index (Phi) is 8.19. The first-order valence-electron chi connectivity index (χ1n) is 13.4. The lowest BCUT2D eigenvalue weighted by Crippen LogP contribution is -2.47. The Morgan fingerprint density at radius 3 is 2.50 bits per heavy atom. The average molecular weight is 568 g/mol. The minimum absolute atomic E-state index is 0.0163. The summed E-state index contributed by atoms with van der Waals surface area (Å²) in [5, 5.41) is 5.01. The Labute approximate surface area is 232 Å². The molecule has 1 fully saturated rings. The minimum Gasteiger partial charge on any atom is -0.477 e. The lowest BCUT2D eigenvalue weighted by molar-refractivity contribution is 0.222. The van der Waals surface area contributed by atoms with Crippen molar-refractivity contribution in [2.75, 3.05) is 39.8 Å². The van der Waals surface area contributed by atoms with Gasteiger partial charge in [-0.05, 0) is 32.0 Å². The quantitative estimate of drug-likeness (QED) is 0.300. The van der Waals surface area contributed by atoms with Gasteiger partial charge in [0.1, 0.15) is 21.9 Å². The summed E-state index contributed by atoms with van der Waals surface area (Å²) in [5.74, 6) is 0.891. The second-order valence-electron chi connectivity index (χ2n) is 9.70. The summed E-state index contributed by atoms with van der Waals surface area (Å²) >= 11 is 0. The molecule has 0 radical (unpaired) electrons. The van der Waals surface area contributed by atoms with Crippen LogP contribution in [-0.4, -0.2) is 92.2 Å². The van der Waals surface area contributed by atoms with Crippen molar-refractivity contribution in [1.29, 1.82) is 0 Å². The van der Waals surface area contributed by atoms with Gasteiger partial charge >= 0.3 is 0 Å². The lowest BCUT2D eigenvalue weighted by Gasteiger charge is -2.31. The van der Waals surface area contributed by atoms with Crippen molar-refractivity contribution in [3.8, 4) is 17.3 Å². The zero-order valence-corrected chi connectivity index (χ0v) is 23.7. The van der Waals surface area contributed by atoms with Gasteiger partial charge < -0.3 is 14.6 Å². The van der Waals surface area contributed by atoms with E-state index in [-0.39, 0.29) is 23.0 Å². The molecule has 212 valence electrons. The molecule has 5 rings (SSSR count). The maximum Gasteiger partial charge on any atom is 0.262 e. The Hall–Kier alpha value is -3.75. The molecule has 13 nitrogen and oxygen atoms in total. The number of aryl methyl sites for hydroxylation is 1. The van der Waals surface area contributed by atoms with Crippen molar-refractivity contribution in [2.45, 2.75) is 44.6 Å². The molecule has 14 heteroatoms. The van der Waals surface area contributed by atoms with E-state index in [4.69, 9.17) is 9.72 Å². The van der Waals surface area contributed by atoms with E-state index in [1.54, 1.807) is 23.1 Å². The highest BCUT2D eigenvalue weighted by atomic mass is 32.2. The molecule has 0 atom stereocenters. The van der Waals surface area contributed by atoms with Crippen LogP contribution in [0.15, 0.2) is 40.4 Å². The number of hydrogen-bond acceptors (Lipinski definition) is 10. The van der Waals surface area contributed by atoms with Crippen molar-refractivity contribution in [3.63, 3.8) is 0 Å². The molecule has 0 aliphatic carbocycles. The molecule has 5 heterocycles. The molecular weight excluding hydrogens is 534 g/mol. The average Bonchev–Trinajstić information content (AvgIpc) is 3.29. The summed E-state index contributed by atoms with van der Waals surface area (Å²) in [6.45, 7) is 6.92. The molecule has 1 N–H and O–H groups in total. The first-order valence-corrected chi connectivity index (χ1v) is 14.8. The third-order valence-corrected chi connectivity index (χ3v) is 8.54. The number of aromatic nitrogens is 7. The zero-order valence-electron chi connectivity index (χ0n) is 22.9. The van der Waals surface area contributed by atoms with Gasteiger partial charge in [-0.15, -0.1) is 0 Å². The normalized spacial score (nSPS) is 15.1. The van der Waals surface area contributed by atoms with Gasteiger partial charge in [0.2, 0.25) is 15.9 Å². The van der Waals surface area contributed by atoms with Crippen molar-refractivity contribution < 1.29 is 13.2 Å². The van der Waals surface area contributed by atoms with Crippen LogP contribution in [0, 0.1) is 0 Å². The lowest BCUT2D eigenvalue weighted by atomic mass is 10.2. The molecule has 4 aromatic rings. The van der Waals surface area contributed by atoms with E-state index in [9.17, 15) is 13.2 Å². The molecule has 0 amide bonds. The maximum absolute atomic E-state index is 13.5. The second kappa shape index (κ2) is 11.8. The van der Waals surface area contributed by atoms with E-state index < -0.39 is 15.6 Å². The number of piperazine rings is 1. The summed E-state index contributed by atoms with van der Waals surface area (Å²) in [4.78, 5) is 36.1. The van der Waals surface area contributed by atoms with Gasteiger partial charge in [-0.2, -0.15) is 9.40 Å². The van der Waals surface area contributed by atoms with Crippen LogP contribution in [-0.2, 0) is 23.0 Å². The molecule has 40 heavy (non-hydrogen) atoms. The Morgan fingerprint density at radius 1 is 1.05 bits per heavy atom. The largest absolute Gasteiger partial charge is 0.477 e. The van der Waals surface area contributed by atoms with Gasteiger partial charge in [0, 0.05) is 45.1 Å². The van der Waals surface area contributed by atoms with E-state index >= 15 is 0 Å². The number of fused-ring (bicyclic) bond motifs is 1. The number of ether oxygens (including phenoxy) is 1. The summed E-state index contributed by atoms with van der Waals surface area (Å²) < 4.78 is 36.0. The Balaban J connectivity index is 1.62. The smallest absolute Gasteiger partial charge is 0.262 e. The molecule has 4 aromatic heterocycles. The standard InChI is InChI=1S/C26H33N9O4S/c1-4-9-35-24-22(20(32-35)16-21-27-7-6-8-28-21)25(36)31-23(30-24)19-15-18(17-29-26(19)39-14-5-2)40(37,38)34-12-10-33(3)11-13-34/h6-8,15,17H,4-5,9-14,16H2,1-3H3,(H,30,31,36). The van der Waals surface area contributed by atoms with Crippen LogP contribution in [0.1, 0.15) is 38.2 Å². The number of likely N-dealkylation sites (N-methyl/N-ethyl adjacent to an activating group) is 1. The van der Waals surface area contributed by atoms with Gasteiger partial charge in [0.25, 0.3) is 5.56 Å². The fourth-order valence-corrected chi connectivity index (χ4v) is 5.97. The fraction of sp³-hybridized carbons (Fsp3) is 0.462. The molecule has 0 spiro atoms. The summed E-state index contributed by atoms with van der Waals surface area (Å²) in [6, 6.07) is 3.21. The van der Waals surface area contributed by atoms with Crippen LogP contribution < -0.4 is 10.3 Å². The van der Waals surface area contributed by atoms with Crippen molar-refractivity contribution in [1.82, 2.24) is 43.9 Å². The molecule has 0 bridgehead atoms. The van der Waals surface area contributed by atoms with E-state index in [2.05, 4.69) is 29.9 Å². The molecular formula is C26H33N9O4S. The molecule has 1 aliphatic rings. The molecule has 0 aromatic carbocycles. The summed E-state index contributed by atoms with van der Waals surface area (Å²) in [7, 11) is -1.85. The zero-order chi connectivity index (χ0) is 28.3. The topological polar surface area (TPSA) is 152 Å². The molecule has 0 saturated carbocycles. The van der Waals surface area contributed by atoms with Crippen molar-refractivity contribution in [3.05, 3.63) is 52.6 Å². The second-order valence-corrected chi connectivity index (χ2v) is 11.6. The Morgan fingerprint density at radius 2 is 1.80 bits per heavy atom. The summed E-state index contributed by atoms with van der Waals surface area (Å²) in [6.07, 6.45) is 6.35. The number of sulfonamides is 1. The van der Waals surface area contributed by atoms with Crippen LogP contribution in [0.25, 0.3) is 22.4 Å². The fourth-order valence-electron chi connectivity index (χ4n) is 4.58. The van der Waals surface area contributed by atoms with E-state index in [0.29, 0.717) is 67.4 Å². The highest BCUT2D eigenvalue weighted by molar-refractivity contribution is 7.89. The van der Waals surface area contributed by atoms with Gasteiger partial charge in [-0.3, -0.25) is 4.79 Å². The number of rotatable bonds is 10. The predicted molar refractivity (Wildman–Crippen MR) is 149 cm³/mol. The van der Waals surface area contributed by atoms with Crippen LogP contribution >= 0.6 is 0 Å². The number of aromatic amines is 1. The SMILES string of the molecule is CCCOc1ncc(S(=O)(=O)N2CCN(C)CC2)cc1-c1nc2c(c(Cc3ncccn3)nn2CCC)c(=O)[nH]1. The Bertz CT molecular complexity index is 1650. The highest BCUT2D eigenvalue weighted by Crippen LogP contribution is 2.30. The van der Waals surface area contributed by atoms with Crippen LogP contribution in [0.4, 0.5) is 0 Å². The van der Waals surface area contributed by atoms with Crippen molar-refractivity contribution in [2.24, 2.45) is 0 Å². The van der Waals surface area contributed by atoms with Crippen LogP contribution in [0.3, 0.4) is 0 Å². The number of nitrogens with zero attached hydrogens (tertiary/aromatic N) is 8. The maximum atomic E-state index is 13.5. The van der Waals surface area contributed by atoms with E-state index in [1.807, 2.05) is 20.9 Å². The van der Waals surface area contributed by atoms with Gasteiger partial charge in [-0.25, -0.2) is 33.0 Å². The predicted octanol–water partition coefficient (Wildman–Crippen LogP) is 1.70. The first kappa shape index (κ1) is 27.8. The van der Waals surface area contributed by atoms with E-state index in [0.717, 1.165) is 12.8 Å². The molecule has 1 aliphatic heterocycles. The third-order valence-electron chi connectivity index (χ3n) is 6.68. The number of hydrogen-bond donors (Lipinski definition) is 1. The van der Waals surface area contributed by atoms with Crippen LogP contribution in [0.2, 0.25) is 0 Å². The molecule has 0 unspecified atom stereocenters. The summed E-state index contributed by atoms with van der Waals surface area (Å²) in [5.41, 5.74) is 0.795. The first-order chi connectivity index (χ1) is 19.3. The monoisotopic (exact) mass is 567 g/mol. The number of pyridine rings is 1. The van der Waals surface area contributed by atoms with Crippen molar-refractivity contribution >= 4 is 21.1 Å². The van der Waals surface area contributed by atoms with Gasteiger partial charge in [0.15, 0.2) is 5.65 Å².